The van der Waals surface area contributed by atoms with Gasteiger partial charge in [0.05, 0.1) is 12.1 Å². The molecule has 3 fully saturated rings. The molecule has 0 aliphatic carbocycles. The fourth-order valence-corrected chi connectivity index (χ4v) is 3.67. The molecule has 4 heterocycles. The molecule has 3 saturated heterocycles. The molecule has 1 aromatic rings. The summed E-state index contributed by atoms with van der Waals surface area (Å²) in [4.78, 5) is 13.8. The summed E-state index contributed by atoms with van der Waals surface area (Å²) in [5.41, 5.74) is 0.660. The number of nitrogens with zero attached hydrogens (tertiary/aromatic N) is 3. The van der Waals surface area contributed by atoms with Crippen LogP contribution in [0.3, 0.4) is 0 Å². The van der Waals surface area contributed by atoms with Crippen molar-refractivity contribution in [3.63, 3.8) is 0 Å². The molecule has 0 radical (unpaired) electrons. The normalized spacial score (nSPS) is 28.3. The highest BCUT2D eigenvalue weighted by Crippen LogP contribution is 2.39. The van der Waals surface area contributed by atoms with Gasteiger partial charge >= 0.3 is 16.4 Å². The maximum atomic E-state index is 12.3. The number of aromatic nitrogens is 1. The van der Waals surface area contributed by atoms with Gasteiger partial charge in [-0.25, -0.2) is 4.79 Å². The van der Waals surface area contributed by atoms with Crippen LogP contribution in [0.4, 0.5) is 4.79 Å². The Kier molecular flexibility index (Phi) is 3.34. The van der Waals surface area contributed by atoms with Crippen molar-refractivity contribution in [3.8, 4) is 0 Å². The number of hydrogen-bond donors (Lipinski definition) is 2. The van der Waals surface area contributed by atoms with Gasteiger partial charge in [-0.15, -0.1) is 4.28 Å². The van der Waals surface area contributed by atoms with Crippen LogP contribution in [0, 0.1) is 0 Å². The van der Waals surface area contributed by atoms with Crippen molar-refractivity contribution in [1.29, 1.82) is 0 Å². The van der Waals surface area contributed by atoms with Crippen molar-refractivity contribution in [3.05, 3.63) is 17.5 Å². The monoisotopic (exact) mass is 344 g/mol. The van der Waals surface area contributed by atoms with E-state index < -0.39 is 22.5 Å². The molecule has 2 atom stereocenters. The lowest BCUT2D eigenvalue weighted by molar-refractivity contribution is -0.0317. The predicted molar refractivity (Wildman–Crippen MR) is 74.5 cm³/mol. The van der Waals surface area contributed by atoms with Gasteiger partial charge in [0, 0.05) is 31.6 Å². The van der Waals surface area contributed by atoms with E-state index in [0.29, 0.717) is 31.0 Å². The lowest BCUT2D eigenvalue weighted by atomic mass is 9.96. The number of hydrogen-bond acceptors (Lipinski definition) is 7. The Hall–Kier alpha value is -1.69. The first-order valence-electron chi connectivity index (χ1n) is 7.36. The molecule has 3 aliphatic rings. The average molecular weight is 344 g/mol. The Labute approximate surface area is 132 Å². The second-order valence-corrected chi connectivity index (χ2v) is 7.02. The second kappa shape index (κ2) is 5.16. The number of urea groups is 1. The summed E-state index contributed by atoms with van der Waals surface area (Å²) >= 11 is 0. The lowest BCUT2D eigenvalue weighted by Gasteiger charge is -2.28. The number of nitrogens with one attached hydrogen (secondary N) is 1. The summed E-state index contributed by atoms with van der Waals surface area (Å²) < 4.78 is 40.3. The van der Waals surface area contributed by atoms with E-state index >= 15 is 0 Å². The SMILES string of the molecule is O=C1N2CC(CCC2c2cc(C3CNC3)on2)N1OS(=O)(=O)O. The maximum absolute atomic E-state index is 12.3. The molecule has 2 unspecified atom stereocenters. The molecule has 10 nitrogen and oxygen atoms in total. The number of amides is 2. The molecule has 11 heteroatoms. The molecule has 2 bridgehead atoms. The van der Waals surface area contributed by atoms with Gasteiger partial charge in [0.15, 0.2) is 0 Å². The van der Waals surface area contributed by atoms with Crippen LogP contribution in [0.15, 0.2) is 10.6 Å². The third-order valence-corrected chi connectivity index (χ3v) is 4.92. The van der Waals surface area contributed by atoms with E-state index in [1.165, 1.54) is 4.90 Å². The van der Waals surface area contributed by atoms with Crippen LogP contribution in [0.2, 0.25) is 0 Å². The third-order valence-electron chi connectivity index (χ3n) is 4.57. The van der Waals surface area contributed by atoms with Crippen LogP contribution in [-0.4, -0.2) is 59.8 Å². The molecular formula is C12H16N4O6S. The fourth-order valence-electron chi connectivity index (χ4n) is 3.28. The fraction of sp³-hybridized carbons (Fsp3) is 0.667. The lowest BCUT2D eigenvalue weighted by Crippen LogP contribution is -2.39. The number of carbonyl (C=O) groups excluding carboxylic acids is 1. The van der Waals surface area contributed by atoms with Crippen LogP contribution in [0.25, 0.3) is 0 Å². The Morgan fingerprint density at radius 3 is 2.83 bits per heavy atom. The number of carbonyl (C=O) groups is 1. The summed E-state index contributed by atoms with van der Waals surface area (Å²) in [7, 11) is -4.73. The Morgan fingerprint density at radius 1 is 1.39 bits per heavy atom. The van der Waals surface area contributed by atoms with Gasteiger partial charge in [0.2, 0.25) is 0 Å². The standard InChI is InChI=1S/C12H16N4O6S/c17-12-15-6-8(16(12)22-23(18,19)20)1-2-10(15)9-3-11(21-14-9)7-4-13-5-7/h3,7-8,10,13H,1-2,4-6H2,(H,18,19,20). The van der Waals surface area contributed by atoms with Crippen molar-refractivity contribution < 1.29 is 26.6 Å². The molecule has 0 aromatic carbocycles. The zero-order valence-corrected chi connectivity index (χ0v) is 12.9. The van der Waals surface area contributed by atoms with Crippen LogP contribution >= 0.6 is 0 Å². The molecular weight excluding hydrogens is 328 g/mol. The van der Waals surface area contributed by atoms with Gasteiger partial charge in [-0.1, -0.05) is 5.16 Å². The quantitative estimate of drug-likeness (QED) is 0.733. The summed E-state index contributed by atoms with van der Waals surface area (Å²) in [5, 5.41) is 7.95. The highest BCUT2D eigenvalue weighted by molar-refractivity contribution is 7.80. The Morgan fingerprint density at radius 2 is 2.17 bits per heavy atom. The highest BCUT2D eigenvalue weighted by atomic mass is 32.3. The van der Waals surface area contributed by atoms with Crippen molar-refractivity contribution in [2.24, 2.45) is 0 Å². The molecule has 2 N–H and O–H groups in total. The molecule has 1 aromatic heterocycles. The minimum atomic E-state index is -4.73. The largest absolute Gasteiger partial charge is 0.418 e. The molecule has 4 rings (SSSR count). The average Bonchev–Trinajstić information content (AvgIpc) is 2.97. The summed E-state index contributed by atoms with van der Waals surface area (Å²) in [6.07, 6.45) is 1.17. The maximum Gasteiger partial charge on any atom is 0.418 e. The van der Waals surface area contributed by atoms with E-state index in [1.54, 1.807) is 0 Å². The van der Waals surface area contributed by atoms with E-state index in [4.69, 9.17) is 9.08 Å². The van der Waals surface area contributed by atoms with Crippen LogP contribution in [0.1, 0.15) is 36.3 Å². The Balaban J connectivity index is 1.54. The minimum Gasteiger partial charge on any atom is -0.361 e. The van der Waals surface area contributed by atoms with Crippen molar-refractivity contribution in [2.45, 2.75) is 30.8 Å². The minimum absolute atomic E-state index is 0.278. The third kappa shape index (κ3) is 2.59. The molecule has 0 saturated carbocycles. The smallest absolute Gasteiger partial charge is 0.361 e. The number of hydroxylamine groups is 2. The molecule has 2 amide bonds. The second-order valence-electron chi connectivity index (χ2n) is 6.02. The van der Waals surface area contributed by atoms with Crippen LogP contribution in [-0.2, 0) is 14.7 Å². The first kappa shape index (κ1) is 14.9. The van der Waals surface area contributed by atoms with Crippen LogP contribution < -0.4 is 5.32 Å². The van der Waals surface area contributed by atoms with Gasteiger partial charge in [0.25, 0.3) is 0 Å². The van der Waals surface area contributed by atoms with Crippen molar-refractivity contribution >= 4 is 16.4 Å². The summed E-state index contributed by atoms with van der Waals surface area (Å²) in [6.45, 7) is 2.02. The van der Waals surface area contributed by atoms with E-state index in [9.17, 15) is 13.2 Å². The zero-order chi connectivity index (χ0) is 16.2. The first-order valence-corrected chi connectivity index (χ1v) is 8.73. The Bertz CT molecular complexity index is 730. The van der Waals surface area contributed by atoms with Gasteiger partial charge in [-0.2, -0.15) is 13.5 Å². The van der Waals surface area contributed by atoms with E-state index in [2.05, 4.69) is 14.8 Å². The van der Waals surface area contributed by atoms with E-state index in [1.807, 2.05) is 6.07 Å². The highest BCUT2D eigenvalue weighted by Gasteiger charge is 2.48. The number of piperidine rings is 1. The number of fused-ring (bicyclic) bond motifs is 2. The topological polar surface area (TPSA) is 125 Å². The predicted octanol–water partition coefficient (Wildman–Crippen LogP) is 0.0369. The van der Waals surface area contributed by atoms with E-state index in [0.717, 1.165) is 23.9 Å². The first-order chi connectivity index (χ1) is 10.9. The summed E-state index contributed by atoms with van der Waals surface area (Å²) in [6, 6.07) is 0.586. The molecule has 23 heavy (non-hydrogen) atoms. The van der Waals surface area contributed by atoms with Crippen molar-refractivity contribution in [2.75, 3.05) is 19.6 Å². The molecule has 126 valence electrons. The molecule has 3 aliphatic heterocycles. The number of rotatable bonds is 4. The van der Waals surface area contributed by atoms with Crippen LogP contribution in [0.5, 0.6) is 0 Å². The van der Waals surface area contributed by atoms with Gasteiger partial charge < -0.3 is 14.7 Å². The van der Waals surface area contributed by atoms with E-state index in [-0.39, 0.29) is 6.04 Å². The summed E-state index contributed by atoms with van der Waals surface area (Å²) in [5.74, 6) is 1.10. The zero-order valence-electron chi connectivity index (χ0n) is 12.1. The molecule has 0 spiro atoms. The van der Waals surface area contributed by atoms with Gasteiger partial charge in [0.1, 0.15) is 11.5 Å². The van der Waals surface area contributed by atoms with Gasteiger partial charge in [-0.05, 0) is 12.8 Å². The van der Waals surface area contributed by atoms with Crippen molar-refractivity contribution in [1.82, 2.24) is 20.4 Å². The van der Waals surface area contributed by atoms with Gasteiger partial charge in [-0.3, -0.25) is 4.55 Å².